The Bertz CT molecular complexity index is 419. The second kappa shape index (κ2) is 6.18. The highest BCUT2D eigenvalue weighted by Gasteiger charge is 2.25. The number of nitrogens with zero attached hydrogens (tertiary/aromatic N) is 1. The highest BCUT2D eigenvalue weighted by atomic mass is 16.5. The minimum Gasteiger partial charge on any atom is -0.494 e. The van der Waals surface area contributed by atoms with Gasteiger partial charge in [0.1, 0.15) is 5.75 Å². The van der Waals surface area contributed by atoms with Crippen molar-refractivity contribution < 1.29 is 4.74 Å². The first-order valence-corrected chi connectivity index (χ1v) is 7.38. The first-order chi connectivity index (χ1) is 9.11. The minimum atomic E-state index is 0.616. The molecule has 2 atom stereocenters. The second-order valence-corrected chi connectivity index (χ2v) is 5.63. The fraction of sp³-hybridized carbons (Fsp3) is 0.625. The number of nitrogen functional groups attached to an aromatic ring is 1. The predicted molar refractivity (Wildman–Crippen MR) is 81.8 cm³/mol. The van der Waals surface area contributed by atoms with Gasteiger partial charge in [-0.1, -0.05) is 19.8 Å². The maximum Gasteiger partial charge on any atom is 0.123 e. The van der Waals surface area contributed by atoms with Crippen molar-refractivity contribution in [2.45, 2.75) is 45.6 Å². The molecule has 1 aromatic rings. The Hall–Kier alpha value is -1.38. The molecule has 3 heteroatoms. The third-order valence-corrected chi connectivity index (χ3v) is 4.20. The molecule has 2 rings (SSSR count). The van der Waals surface area contributed by atoms with Crippen LogP contribution >= 0.6 is 0 Å². The van der Waals surface area contributed by atoms with Gasteiger partial charge in [0.25, 0.3) is 0 Å². The van der Waals surface area contributed by atoms with Crippen molar-refractivity contribution in [1.82, 2.24) is 0 Å². The molecule has 1 aromatic carbocycles. The third-order valence-electron chi connectivity index (χ3n) is 4.20. The summed E-state index contributed by atoms with van der Waals surface area (Å²) >= 11 is 0. The number of rotatable bonds is 4. The molecule has 0 heterocycles. The zero-order valence-electron chi connectivity index (χ0n) is 12.4. The van der Waals surface area contributed by atoms with Gasteiger partial charge in [-0.2, -0.15) is 0 Å². The van der Waals surface area contributed by atoms with Crippen LogP contribution in [0.2, 0.25) is 0 Å². The highest BCUT2D eigenvalue weighted by molar-refractivity contribution is 5.60. The summed E-state index contributed by atoms with van der Waals surface area (Å²) in [6.07, 6.45) is 5.30. The van der Waals surface area contributed by atoms with Crippen LogP contribution in [-0.2, 0) is 0 Å². The molecule has 0 bridgehead atoms. The third kappa shape index (κ3) is 3.34. The topological polar surface area (TPSA) is 38.5 Å². The number of nitrogens with two attached hydrogens (primary N) is 1. The maximum absolute atomic E-state index is 5.99. The van der Waals surface area contributed by atoms with Gasteiger partial charge < -0.3 is 15.4 Å². The van der Waals surface area contributed by atoms with E-state index in [2.05, 4.69) is 24.9 Å². The Morgan fingerprint density at radius 3 is 2.68 bits per heavy atom. The molecule has 106 valence electrons. The largest absolute Gasteiger partial charge is 0.494 e. The molecule has 0 radical (unpaired) electrons. The molecule has 19 heavy (non-hydrogen) atoms. The van der Waals surface area contributed by atoms with Crippen LogP contribution in [-0.4, -0.2) is 19.7 Å². The number of ether oxygens (including phenoxy) is 1. The van der Waals surface area contributed by atoms with Gasteiger partial charge >= 0.3 is 0 Å². The van der Waals surface area contributed by atoms with Gasteiger partial charge in [-0.15, -0.1) is 0 Å². The highest BCUT2D eigenvalue weighted by Crippen LogP contribution is 2.33. The predicted octanol–water partition coefficient (Wildman–Crippen LogP) is 3.68. The van der Waals surface area contributed by atoms with E-state index in [-0.39, 0.29) is 0 Å². The van der Waals surface area contributed by atoms with Crippen molar-refractivity contribution >= 4 is 11.4 Å². The van der Waals surface area contributed by atoms with Crippen LogP contribution in [0.5, 0.6) is 5.75 Å². The Labute approximate surface area is 116 Å². The summed E-state index contributed by atoms with van der Waals surface area (Å²) in [6, 6.07) is 6.65. The molecule has 0 saturated heterocycles. The van der Waals surface area contributed by atoms with Gasteiger partial charge in [-0.25, -0.2) is 0 Å². The van der Waals surface area contributed by atoms with E-state index in [1.807, 2.05) is 19.1 Å². The Morgan fingerprint density at radius 2 is 2.00 bits per heavy atom. The summed E-state index contributed by atoms with van der Waals surface area (Å²) in [5.41, 5.74) is 7.93. The Balaban J connectivity index is 2.19. The van der Waals surface area contributed by atoms with E-state index in [1.54, 1.807) is 0 Å². The van der Waals surface area contributed by atoms with Gasteiger partial charge in [0.05, 0.1) is 6.61 Å². The number of hydrogen-bond donors (Lipinski definition) is 1. The average Bonchev–Trinajstić information content (AvgIpc) is 2.38. The molecule has 2 unspecified atom stereocenters. The lowest BCUT2D eigenvalue weighted by Crippen LogP contribution is -2.39. The van der Waals surface area contributed by atoms with Crippen LogP contribution in [0.25, 0.3) is 0 Å². The summed E-state index contributed by atoms with van der Waals surface area (Å²) < 4.78 is 5.59. The first kappa shape index (κ1) is 14.0. The van der Waals surface area contributed by atoms with Crippen LogP contribution < -0.4 is 15.4 Å². The van der Waals surface area contributed by atoms with E-state index in [0.717, 1.165) is 17.4 Å². The summed E-state index contributed by atoms with van der Waals surface area (Å²) in [6.45, 7) is 5.03. The SMILES string of the molecule is CCOc1cc(N)cc(N(C)C2CCCCC2C)c1. The quantitative estimate of drug-likeness (QED) is 0.841. The van der Waals surface area contributed by atoms with Crippen LogP contribution in [0.4, 0.5) is 11.4 Å². The molecule has 0 aliphatic heterocycles. The lowest BCUT2D eigenvalue weighted by molar-refractivity contribution is 0.320. The molecular weight excluding hydrogens is 236 g/mol. The average molecular weight is 262 g/mol. The van der Waals surface area contributed by atoms with Gasteiger partial charge in [0.15, 0.2) is 0 Å². The number of hydrogen-bond acceptors (Lipinski definition) is 3. The molecule has 1 fully saturated rings. The lowest BCUT2D eigenvalue weighted by atomic mass is 9.85. The van der Waals surface area contributed by atoms with E-state index in [1.165, 1.54) is 31.4 Å². The van der Waals surface area contributed by atoms with Crippen LogP contribution in [0.3, 0.4) is 0 Å². The smallest absolute Gasteiger partial charge is 0.123 e. The van der Waals surface area contributed by atoms with Crippen molar-refractivity contribution in [2.24, 2.45) is 5.92 Å². The lowest BCUT2D eigenvalue weighted by Gasteiger charge is -2.38. The molecule has 0 aromatic heterocycles. The maximum atomic E-state index is 5.99. The molecular formula is C16H26N2O. The molecule has 3 nitrogen and oxygen atoms in total. The van der Waals surface area contributed by atoms with E-state index in [0.29, 0.717) is 12.6 Å². The van der Waals surface area contributed by atoms with Gasteiger partial charge in [-0.05, 0) is 31.7 Å². The second-order valence-electron chi connectivity index (χ2n) is 5.63. The van der Waals surface area contributed by atoms with Crippen molar-refractivity contribution in [1.29, 1.82) is 0 Å². The zero-order chi connectivity index (χ0) is 13.8. The van der Waals surface area contributed by atoms with Crippen molar-refractivity contribution in [3.63, 3.8) is 0 Å². The molecule has 2 N–H and O–H groups in total. The van der Waals surface area contributed by atoms with Gasteiger partial charge in [0.2, 0.25) is 0 Å². The van der Waals surface area contributed by atoms with E-state index in [9.17, 15) is 0 Å². The van der Waals surface area contributed by atoms with Crippen molar-refractivity contribution in [3.8, 4) is 5.75 Å². The molecule has 1 aliphatic rings. The van der Waals surface area contributed by atoms with Crippen LogP contribution in [0.1, 0.15) is 39.5 Å². The summed E-state index contributed by atoms with van der Waals surface area (Å²) in [5.74, 6) is 1.61. The van der Waals surface area contributed by atoms with Gasteiger partial charge in [0, 0.05) is 36.6 Å². The fourth-order valence-corrected chi connectivity index (χ4v) is 3.12. The number of anilines is 2. The van der Waals surface area contributed by atoms with E-state index >= 15 is 0 Å². The summed E-state index contributed by atoms with van der Waals surface area (Å²) in [5, 5.41) is 0. The van der Waals surface area contributed by atoms with Gasteiger partial charge in [-0.3, -0.25) is 0 Å². The van der Waals surface area contributed by atoms with Crippen LogP contribution in [0.15, 0.2) is 18.2 Å². The standard InChI is InChI=1S/C16H26N2O/c1-4-19-15-10-13(17)9-14(11-15)18(3)16-8-6-5-7-12(16)2/h9-12,16H,4-8,17H2,1-3H3. The molecule has 0 spiro atoms. The monoisotopic (exact) mass is 262 g/mol. The zero-order valence-corrected chi connectivity index (χ0v) is 12.4. The van der Waals surface area contributed by atoms with Crippen molar-refractivity contribution in [3.05, 3.63) is 18.2 Å². The van der Waals surface area contributed by atoms with Crippen molar-refractivity contribution in [2.75, 3.05) is 24.3 Å². The minimum absolute atomic E-state index is 0.616. The normalized spacial score (nSPS) is 23.1. The Kier molecular flexibility index (Phi) is 4.56. The van der Waals surface area contributed by atoms with E-state index < -0.39 is 0 Å². The Morgan fingerprint density at radius 1 is 1.26 bits per heavy atom. The molecule has 1 aliphatic carbocycles. The molecule has 0 amide bonds. The molecule has 1 saturated carbocycles. The number of benzene rings is 1. The summed E-state index contributed by atoms with van der Waals surface area (Å²) in [7, 11) is 2.18. The summed E-state index contributed by atoms with van der Waals surface area (Å²) in [4.78, 5) is 2.38. The van der Waals surface area contributed by atoms with Crippen LogP contribution in [0, 0.1) is 5.92 Å². The van der Waals surface area contributed by atoms with E-state index in [4.69, 9.17) is 10.5 Å². The first-order valence-electron chi connectivity index (χ1n) is 7.38. The fourth-order valence-electron chi connectivity index (χ4n) is 3.12.